The predicted octanol–water partition coefficient (Wildman–Crippen LogP) is 0.835. The average Bonchev–Trinajstić information content (AvgIpc) is 2.81. The molecule has 0 aliphatic heterocycles. The molecule has 0 aromatic carbocycles. The van der Waals surface area contributed by atoms with Gasteiger partial charge in [0.1, 0.15) is 9.84 Å². The summed E-state index contributed by atoms with van der Waals surface area (Å²) >= 11 is 0. The molecule has 1 aliphatic carbocycles. The maximum Gasteiger partial charge on any atom is 0.236 e. The molecule has 19 heavy (non-hydrogen) atoms. The first-order chi connectivity index (χ1) is 8.78. The topological polar surface area (TPSA) is 89.3 Å². The number of carbonyl (C=O) groups excluding carboxylic acids is 1. The van der Waals surface area contributed by atoms with Gasteiger partial charge in [-0.05, 0) is 31.1 Å². The lowest BCUT2D eigenvalue weighted by Gasteiger charge is -2.28. The first kappa shape index (κ1) is 16.4. The van der Waals surface area contributed by atoms with E-state index in [4.69, 9.17) is 5.73 Å². The molecule has 1 aliphatic rings. The van der Waals surface area contributed by atoms with Crippen molar-refractivity contribution in [3.8, 4) is 0 Å². The first-order valence-electron chi connectivity index (χ1n) is 6.99. The number of sulfone groups is 1. The number of nitrogens with two attached hydrogens (primary N) is 1. The lowest BCUT2D eigenvalue weighted by Crippen LogP contribution is -2.45. The van der Waals surface area contributed by atoms with E-state index in [0.717, 1.165) is 25.5 Å². The molecule has 1 unspecified atom stereocenters. The van der Waals surface area contributed by atoms with Crippen LogP contribution in [-0.4, -0.2) is 38.9 Å². The molecule has 1 saturated carbocycles. The van der Waals surface area contributed by atoms with E-state index in [1.54, 1.807) is 0 Å². The van der Waals surface area contributed by atoms with Gasteiger partial charge in [-0.2, -0.15) is 0 Å². The molecule has 0 bridgehead atoms. The molecule has 1 amide bonds. The second-order valence-corrected chi connectivity index (χ2v) is 8.06. The molecule has 0 spiro atoms. The van der Waals surface area contributed by atoms with Gasteiger partial charge in [-0.1, -0.05) is 19.8 Å². The van der Waals surface area contributed by atoms with E-state index in [1.807, 2.05) is 0 Å². The summed E-state index contributed by atoms with van der Waals surface area (Å²) in [5.41, 5.74) is 5.95. The van der Waals surface area contributed by atoms with E-state index in [9.17, 15) is 13.2 Å². The summed E-state index contributed by atoms with van der Waals surface area (Å²) in [6.07, 6.45) is 7.16. The highest BCUT2D eigenvalue weighted by molar-refractivity contribution is 7.90. The molecule has 1 rings (SSSR count). The van der Waals surface area contributed by atoms with Gasteiger partial charge in [-0.15, -0.1) is 0 Å². The minimum Gasteiger partial charge on any atom is -0.354 e. The highest BCUT2D eigenvalue weighted by Gasteiger charge is 2.32. The van der Waals surface area contributed by atoms with Gasteiger partial charge in [0.25, 0.3) is 0 Å². The lowest BCUT2D eigenvalue weighted by molar-refractivity contribution is -0.122. The van der Waals surface area contributed by atoms with Crippen LogP contribution in [0.2, 0.25) is 0 Å². The third kappa shape index (κ3) is 5.48. The number of rotatable bonds is 7. The van der Waals surface area contributed by atoms with E-state index in [1.165, 1.54) is 12.8 Å². The fourth-order valence-electron chi connectivity index (χ4n) is 2.66. The summed E-state index contributed by atoms with van der Waals surface area (Å²) in [5.74, 6) is -0.274. The zero-order valence-electron chi connectivity index (χ0n) is 11.9. The van der Waals surface area contributed by atoms with E-state index in [-0.39, 0.29) is 23.5 Å². The monoisotopic (exact) mass is 290 g/mol. The third-order valence-electron chi connectivity index (χ3n) is 4.19. The standard InChI is InChI=1S/C13H26N2O3S/c1-3-13(7-4-5-8-13)10-15-12(16)11(14)6-9-19(2,17)18/h11H,3-10,14H2,1-2H3,(H,15,16). The Bertz CT molecular complexity index is 400. The SMILES string of the molecule is CCC1(CNC(=O)C(N)CCS(C)(=O)=O)CCCC1. The summed E-state index contributed by atoms with van der Waals surface area (Å²) in [7, 11) is -3.06. The average molecular weight is 290 g/mol. The summed E-state index contributed by atoms with van der Waals surface area (Å²) in [6, 6.07) is -0.731. The van der Waals surface area contributed by atoms with E-state index >= 15 is 0 Å². The van der Waals surface area contributed by atoms with Crippen LogP contribution in [0.3, 0.4) is 0 Å². The van der Waals surface area contributed by atoms with Crippen molar-refractivity contribution < 1.29 is 13.2 Å². The molecule has 6 heteroatoms. The molecule has 0 aromatic heterocycles. The van der Waals surface area contributed by atoms with Crippen LogP contribution in [0.5, 0.6) is 0 Å². The van der Waals surface area contributed by atoms with Crippen LogP contribution in [0.15, 0.2) is 0 Å². The Morgan fingerprint density at radius 3 is 2.42 bits per heavy atom. The van der Waals surface area contributed by atoms with Crippen LogP contribution in [-0.2, 0) is 14.6 Å². The van der Waals surface area contributed by atoms with Gasteiger partial charge in [0.05, 0.1) is 11.8 Å². The minimum atomic E-state index is -3.06. The largest absolute Gasteiger partial charge is 0.354 e. The van der Waals surface area contributed by atoms with Crippen molar-refractivity contribution in [1.29, 1.82) is 0 Å². The molecule has 0 saturated heterocycles. The van der Waals surface area contributed by atoms with Gasteiger partial charge < -0.3 is 11.1 Å². The molecule has 0 heterocycles. The van der Waals surface area contributed by atoms with E-state index < -0.39 is 15.9 Å². The molecule has 0 aromatic rings. The second kappa shape index (κ2) is 6.70. The molecule has 112 valence electrons. The molecule has 0 radical (unpaired) electrons. The molecule has 1 atom stereocenters. The number of hydrogen-bond acceptors (Lipinski definition) is 4. The van der Waals surface area contributed by atoms with Crippen molar-refractivity contribution in [2.24, 2.45) is 11.1 Å². The summed E-state index contributed by atoms with van der Waals surface area (Å²) < 4.78 is 22.1. The fourth-order valence-corrected chi connectivity index (χ4v) is 3.34. The third-order valence-corrected chi connectivity index (χ3v) is 5.17. The number of carbonyl (C=O) groups is 1. The van der Waals surface area contributed by atoms with Gasteiger partial charge >= 0.3 is 0 Å². The van der Waals surface area contributed by atoms with Crippen molar-refractivity contribution in [3.63, 3.8) is 0 Å². The van der Waals surface area contributed by atoms with Crippen LogP contribution >= 0.6 is 0 Å². The summed E-state index contributed by atoms with van der Waals surface area (Å²) in [4.78, 5) is 11.8. The maximum absolute atomic E-state index is 11.8. The molecular weight excluding hydrogens is 264 g/mol. The van der Waals surface area contributed by atoms with Crippen LogP contribution in [0.4, 0.5) is 0 Å². The highest BCUT2D eigenvalue weighted by atomic mass is 32.2. The quantitative estimate of drug-likeness (QED) is 0.727. The number of hydrogen-bond donors (Lipinski definition) is 2. The van der Waals surface area contributed by atoms with Crippen molar-refractivity contribution in [2.45, 2.75) is 51.5 Å². The van der Waals surface area contributed by atoms with Gasteiger partial charge in [0, 0.05) is 12.8 Å². The Morgan fingerprint density at radius 1 is 1.37 bits per heavy atom. The van der Waals surface area contributed by atoms with Crippen LogP contribution < -0.4 is 11.1 Å². The normalized spacial score (nSPS) is 20.2. The van der Waals surface area contributed by atoms with Crippen molar-refractivity contribution in [3.05, 3.63) is 0 Å². The van der Waals surface area contributed by atoms with Gasteiger partial charge in [0.15, 0.2) is 0 Å². The Morgan fingerprint density at radius 2 is 1.95 bits per heavy atom. The molecule has 3 N–H and O–H groups in total. The Hall–Kier alpha value is -0.620. The lowest BCUT2D eigenvalue weighted by atomic mass is 9.83. The predicted molar refractivity (Wildman–Crippen MR) is 76.5 cm³/mol. The maximum atomic E-state index is 11.8. The van der Waals surface area contributed by atoms with Crippen molar-refractivity contribution in [2.75, 3.05) is 18.6 Å². The van der Waals surface area contributed by atoms with Gasteiger partial charge in [-0.25, -0.2) is 8.42 Å². The second-order valence-electron chi connectivity index (χ2n) is 5.80. The molecular formula is C13H26N2O3S. The summed E-state index contributed by atoms with van der Waals surface area (Å²) in [6.45, 7) is 2.82. The Labute approximate surface area is 116 Å². The Kier molecular flexibility index (Phi) is 5.80. The van der Waals surface area contributed by atoms with Crippen LogP contribution in [0, 0.1) is 5.41 Å². The van der Waals surface area contributed by atoms with Gasteiger partial charge in [-0.3, -0.25) is 4.79 Å². The van der Waals surface area contributed by atoms with Gasteiger partial charge in [0.2, 0.25) is 5.91 Å². The van der Waals surface area contributed by atoms with Crippen molar-refractivity contribution >= 4 is 15.7 Å². The van der Waals surface area contributed by atoms with E-state index in [2.05, 4.69) is 12.2 Å². The van der Waals surface area contributed by atoms with Crippen molar-refractivity contribution in [1.82, 2.24) is 5.32 Å². The van der Waals surface area contributed by atoms with Crippen LogP contribution in [0.25, 0.3) is 0 Å². The number of nitrogens with one attached hydrogen (secondary N) is 1. The van der Waals surface area contributed by atoms with E-state index in [0.29, 0.717) is 6.54 Å². The fraction of sp³-hybridized carbons (Fsp3) is 0.923. The first-order valence-corrected chi connectivity index (χ1v) is 9.05. The Balaban J connectivity index is 2.38. The van der Waals surface area contributed by atoms with Crippen LogP contribution in [0.1, 0.15) is 45.4 Å². The molecule has 5 nitrogen and oxygen atoms in total. The minimum absolute atomic E-state index is 0.0412. The zero-order chi connectivity index (χ0) is 14.5. The zero-order valence-corrected chi connectivity index (χ0v) is 12.8. The number of amides is 1. The highest BCUT2D eigenvalue weighted by Crippen LogP contribution is 2.40. The smallest absolute Gasteiger partial charge is 0.236 e. The summed E-state index contributed by atoms with van der Waals surface area (Å²) in [5, 5.41) is 2.89. The molecule has 1 fully saturated rings.